The molecule has 1 heterocycles. The fourth-order valence-corrected chi connectivity index (χ4v) is 1.54. The zero-order valence-electron chi connectivity index (χ0n) is 11.6. The van der Waals surface area contributed by atoms with Crippen LogP contribution in [0, 0.1) is 21.4 Å². The molecule has 0 aliphatic heterocycles. The van der Waals surface area contributed by atoms with Gasteiger partial charge >= 0.3 is 0 Å². The number of nitriles is 1. The highest BCUT2D eigenvalue weighted by Crippen LogP contribution is 2.20. The molecule has 0 radical (unpaired) electrons. The van der Waals surface area contributed by atoms with Crippen molar-refractivity contribution in [3.05, 3.63) is 58.1 Å². The Morgan fingerprint density at radius 2 is 2.41 bits per heavy atom. The third-order valence-electron chi connectivity index (χ3n) is 2.56. The first kappa shape index (κ1) is 14.9. The lowest BCUT2D eigenvalue weighted by Crippen LogP contribution is -1.93. The van der Waals surface area contributed by atoms with Gasteiger partial charge in [0.25, 0.3) is 11.6 Å². The minimum absolute atomic E-state index is 0.0362. The summed E-state index contributed by atoms with van der Waals surface area (Å²) in [5.74, 6) is 0.326. The van der Waals surface area contributed by atoms with Gasteiger partial charge in [0.2, 0.25) is 11.6 Å². The van der Waals surface area contributed by atoms with E-state index >= 15 is 0 Å². The zero-order chi connectivity index (χ0) is 16.1. The van der Waals surface area contributed by atoms with E-state index in [9.17, 15) is 10.1 Å². The molecule has 0 fully saturated rings. The monoisotopic (exact) mass is 297 g/mol. The van der Waals surface area contributed by atoms with Crippen LogP contribution in [-0.4, -0.2) is 16.1 Å². The van der Waals surface area contributed by atoms with Crippen molar-refractivity contribution in [1.82, 2.24) is 4.98 Å². The topological polar surface area (TPSA) is 117 Å². The Labute approximate surface area is 125 Å². The van der Waals surface area contributed by atoms with Gasteiger partial charge in [-0.2, -0.15) is 15.3 Å². The summed E-state index contributed by atoms with van der Waals surface area (Å²) in [5.41, 5.74) is 3.66. The van der Waals surface area contributed by atoms with Crippen LogP contribution in [0.3, 0.4) is 0 Å². The molecule has 22 heavy (non-hydrogen) atoms. The summed E-state index contributed by atoms with van der Waals surface area (Å²) in [4.78, 5) is 14.1. The summed E-state index contributed by atoms with van der Waals surface area (Å²) in [7, 11) is 0. The number of nitro benzene ring substituents is 1. The number of rotatable bonds is 5. The summed E-state index contributed by atoms with van der Waals surface area (Å²) >= 11 is 0. The van der Waals surface area contributed by atoms with Gasteiger partial charge in [0.15, 0.2) is 0 Å². The lowest BCUT2D eigenvalue weighted by molar-refractivity contribution is -0.384. The molecule has 0 saturated carbocycles. The SMILES string of the molecule is C=C(C)c1nc(C#N)c(N/N=C\c2cccc([N+](=O)[O-])c2)o1. The number of hydrogen-bond acceptors (Lipinski definition) is 7. The maximum absolute atomic E-state index is 10.7. The molecule has 1 aromatic carbocycles. The van der Waals surface area contributed by atoms with Crippen LogP contribution in [0.2, 0.25) is 0 Å². The zero-order valence-corrected chi connectivity index (χ0v) is 11.6. The highest BCUT2D eigenvalue weighted by molar-refractivity contribution is 5.81. The van der Waals surface area contributed by atoms with Crippen molar-refractivity contribution in [3.63, 3.8) is 0 Å². The molecule has 0 atom stereocenters. The smallest absolute Gasteiger partial charge is 0.270 e. The van der Waals surface area contributed by atoms with Gasteiger partial charge in [0.1, 0.15) is 6.07 Å². The fraction of sp³-hybridized carbons (Fsp3) is 0.0714. The first-order valence-electron chi connectivity index (χ1n) is 6.11. The average Bonchev–Trinajstić information content (AvgIpc) is 2.91. The summed E-state index contributed by atoms with van der Waals surface area (Å²) in [6.45, 7) is 5.37. The fourth-order valence-electron chi connectivity index (χ4n) is 1.54. The van der Waals surface area contributed by atoms with Gasteiger partial charge < -0.3 is 4.42 Å². The normalized spacial score (nSPS) is 10.4. The molecule has 0 aliphatic carbocycles. The number of anilines is 1. The number of oxazole rings is 1. The van der Waals surface area contributed by atoms with E-state index in [1.807, 2.05) is 6.07 Å². The Bertz CT molecular complexity index is 801. The Morgan fingerprint density at radius 1 is 1.64 bits per heavy atom. The van der Waals surface area contributed by atoms with Crippen molar-refractivity contribution in [2.75, 3.05) is 5.43 Å². The number of benzene rings is 1. The molecule has 8 nitrogen and oxygen atoms in total. The highest BCUT2D eigenvalue weighted by Gasteiger charge is 2.12. The van der Waals surface area contributed by atoms with E-state index < -0.39 is 4.92 Å². The van der Waals surface area contributed by atoms with Gasteiger partial charge in [-0.25, -0.2) is 5.43 Å². The second kappa shape index (κ2) is 6.32. The van der Waals surface area contributed by atoms with E-state index in [1.54, 1.807) is 19.1 Å². The van der Waals surface area contributed by atoms with Crippen molar-refractivity contribution >= 4 is 23.4 Å². The van der Waals surface area contributed by atoms with Gasteiger partial charge in [-0.3, -0.25) is 10.1 Å². The molecule has 0 bridgehead atoms. The second-order valence-electron chi connectivity index (χ2n) is 4.31. The number of allylic oxidation sites excluding steroid dienone is 1. The Kier molecular flexibility index (Phi) is 4.29. The van der Waals surface area contributed by atoms with Crippen LogP contribution >= 0.6 is 0 Å². The van der Waals surface area contributed by atoms with Gasteiger partial charge in [-0.05, 0) is 6.92 Å². The molecule has 0 saturated heterocycles. The Hall–Kier alpha value is -3.47. The predicted octanol–water partition coefficient (Wildman–Crippen LogP) is 2.93. The van der Waals surface area contributed by atoms with E-state index in [1.165, 1.54) is 18.3 Å². The maximum Gasteiger partial charge on any atom is 0.270 e. The molecular weight excluding hydrogens is 286 g/mol. The van der Waals surface area contributed by atoms with Crippen LogP contribution in [0.4, 0.5) is 11.6 Å². The number of nitrogens with zero attached hydrogens (tertiary/aromatic N) is 4. The standard InChI is InChI=1S/C14H11N5O3/c1-9(2)13-17-12(7-15)14(22-13)18-16-8-10-4-3-5-11(6-10)19(20)21/h3-6,8,18H,1H2,2H3/b16-8-. The van der Waals surface area contributed by atoms with Crippen molar-refractivity contribution in [3.8, 4) is 6.07 Å². The number of nitrogens with one attached hydrogen (secondary N) is 1. The molecule has 0 spiro atoms. The van der Waals surface area contributed by atoms with E-state index in [0.29, 0.717) is 11.1 Å². The van der Waals surface area contributed by atoms with E-state index in [2.05, 4.69) is 22.1 Å². The maximum atomic E-state index is 10.7. The van der Waals surface area contributed by atoms with Crippen molar-refractivity contribution in [2.24, 2.45) is 5.10 Å². The van der Waals surface area contributed by atoms with Gasteiger partial charge in [0.05, 0.1) is 11.1 Å². The molecule has 2 rings (SSSR count). The van der Waals surface area contributed by atoms with E-state index in [0.717, 1.165) is 0 Å². The molecule has 8 heteroatoms. The van der Waals surface area contributed by atoms with Gasteiger partial charge in [-0.1, -0.05) is 18.7 Å². The number of hydrazone groups is 1. The molecule has 0 amide bonds. The number of non-ortho nitro benzene ring substituents is 1. The molecule has 1 aromatic heterocycles. The lowest BCUT2D eigenvalue weighted by atomic mass is 10.2. The summed E-state index contributed by atoms with van der Waals surface area (Å²) in [6.07, 6.45) is 1.37. The number of aromatic nitrogens is 1. The van der Waals surface area contributed by atoms with Gasteiger partial charge in [-0.15, -0.1) is 0 Å². The molecular formula is C14H11N5O3. The van der Waals surface area contributed by atoms with Crippen molar-refractivity contribution in [2.45, 2.75) is 6.92 Å². The quantitative estimate of drug-likeness (QED) is 0.515. The highest BCUT2D eigenvalue weighted by atomic mass is 16.6. The van der Waals surface area contributed by atoms with Crippen LogP contribution in [0.1, 0.15) is 24.1 Å². The molecule has 0 unspecified atom stereocenters. The van der Waals surface area contributed by atoms with Crippen LogP contribution in [0.15, 0.2) is 40.4 Å². The van der Waals surface area contributed by atoms with Gasteiger partial charge in [0, 0.05) is 23.3 Å². The van der Waals surface area contributed by atoms with Crippen LogP contribution in [0.25, 0.3) is 5.57 Å². The summed E-state index contributed by atoms with van der Waals surface area (Å²) in [5, 5.41) is 23.5. The molecule has 1 N–H and O–H groups in total. The van der Waals surface area contributed by atoms with E-state index in [4.69, 9.17) is 9.68 Å². The number of hydrogen-bond donors (Lipinski definition) is 1. The molecule has 110 valence electrons. The third-order valence-corrected chi connectivity index (χ3v) is 2.56. The van der Waals surface area contributed by atoms with Crippen LogP contribution in [-0.2, 0) is 0 Å². The third kappa shape index (κ3) is 3.34. The van der Waals surface area contributed by atoms with Crippen molar-refractivity contribution in [1.29, 1.82) is 5.26 Å². The second-order valence-corrected chi connectivity index (χ2v) is 4.31. The minimum atomic E-state index is -0.492. The van der Waals surface area contributed by atoms with Crippen molar-refractivity contribution < 1.29 is 9.34 Å². The largest absolute Gasteiger partial charge is 0.418 e. The Morgan fingerprint density at radius 3 is 3.05 bits per heavy atom. The number of nitro groups is 1. The minimum Gasteiger partial charge on any atom is -0.418 e. The summed E-state index contributed by atoms with van der Waals surface area (Å²) < 4.78 is 5.30. The molecule has 0 aliphatic rings. The molecule has 2 aromatic rings. The average molecular weight is 297 g/mol. The van der Waals surface area contributed by atoms with Crippen LogP contribution < -0.4 is 5.43 Å². The van der Waals surface area contributed by atoms with E-state index in [-0.39, 0.29) is 23.2 Å². The first-order chi connectivity index (χ1) is 10.5. The Balaban J connectivity index is 2.16. The summed E-state index contributed by atoms with van der Waals surface area (Å²) in [6, 6.07) is 7.83. The first-order valence-corrected chi connectivity index (χ1v) is 6.11. The van der Waals surface area contributed by atoms with Crippen LogP contribution in [0.5, 0.6) is 0 Å². The lowest BCUT2D eigenvalue weighted by Gasteiger charge is -1.96. The predicted molar refractivity (Wildman–Crippen MR) is 80.2 cm³/mol.